The van der Waals surface area contributed by atoms with E-state index in [1.807, 2.05) is 13.8 Å². The van der Waals surface area contributed by atoms with Crippen LogP contribution in [0.25, 0.3) is 0 Å². The van der Waals surface area contributed by atoms with Crippen LogP contribution in [0.4, 0.5) is 0 Å². The van der Waals surface area contributed by atoms with E-state index in [2.05, 4.69) is 17.4 Å². The van der Waals surface area contributed by atoms with Crippen LogP contribution in [-0.2, 0) is 4.79 Å². The van der Waals surface area contributed by atoms with E-state index < -0.39 is 5.54 Å². The Labute approximate surface area is 115 Å². The highest BCUT2D eigenvalue weighted by molar-refractivity contribution is 5.94. The Morgan fingerprint density at radius 1 is 1.42 bits per heavy atom. The summed E-state index contributed by atoms with van der Waals surface area (Å²) in [6.07, 6.45) is 5.08. The van der Waals surface area contributed by atoms with Crippen LogP contribution >= 0.6 is 0 Å². The lowest BCUT2D eigenvalue weighted by atomic mass is 9.76. The van der Waals surface area contributed by atoms with Gasteiger partial charge in [0.25, 0.3) is 0 Å². The van der Waals surface area contributed by atoms with Crippen LogP contribution in [0.3, 0.4) is 0 Å². The normalized spacial score (nSPS) is 28.4. The molecule has 0 aromatic carbocycles. The third-order valence-corrected chi connectivity index (χ3v) is 4.44. The second kappa shape index (κ2) is 6.78. The molecule has 0 saturated heterocycles. The molecule has 1 saturated carbocycles. The largest absolute Gasteiger partial charge is 0.409 e. The smallest absolute Gasteiger partial charge is 0.223 e. The summed E-state index contributed by atoms with van der Waals surface area (Å²) >= 11 is 0. The maximum atomic E-state index is 12.3. The fourth-order valence-corrected chi connectivity index (χ4v) is 2.79. The van der Waals surface area contributed by atoms with Gasteiger partial charge in [-0.3, -0.25) is 4.79 Å². The van der Waals surface area contributed by atoms with Crippen molar-refractivity contribution in [2.45, 2.75) is 64.8 Å². The van der Waals surface area contributed by atoms with Gasteiger partial charge in [0.05, 0.1) is 0 Å². The number of nitrogens with one attached hydrogen (secondary N) is 1. The summed E-state index contributed by atoms with van der Waals surface area (Å²) in [5, 5.41) is 15.2. The fraction of sp³-hybridized carbons (Fsp3) is 0.857. The molecule has 5 nitrogen and oxygen atoms in total. The van der Waals surface area contributed by atoms with Crippen molar-refractivity contribution in [2.24, 2.45) is 22.7 Å². The molecule has 1 rings (SSSR count). The number of nitrogens with two attached hydrogens (primary N) is 1. The first kappa shape index (κ1) is 15.8. The molecule has 1 fully saturated rings. The zero-order valence-electron chi connectivity index (χ0n) is 12.3. The number of amides is 1. The van der Waals surface area contributed by atoms with Gasteiger partial charge in [-0.25, -0.2) is 0 Å². The lowest BCUT2D eigenvalue weighted by Crippen LogP contribution is -2.60. The van der Waals surface area contributed by atoms with Crippen LogP contribution in [0.2, 0.25) is 0 Å². The number of hydrogen-bond acceptors (Lipinski definition) is 3. The second-order valence-electron chi connectivity index (χ2n) is 5.75. The number of amidine groups is 1. The summed E-state index contributed by atoms with van der Waals surface area (Å²) in [7, 11) is 0. The van der Waals surface area contributed by atoms with E-state index >= 15 is 0 Å². The van der Waals surface area contributed by atoms with Gasteiger partial charge in [0.15, 0.2) is 5.84 Å². The van der Waals surface area contributed by atoms with Crippen LogP contribution in [0.5, 0.6) is 0 Å². The Bertz CT molecular complexity index is 330. The molecule has 1 aliphatic carbocycles. The first-order valence-electron chi connectivity index (χ1n) is 7.29. The third kappa shape index (κ3) is 3.61. The summed E-state index contributed by atoms with van der Waals surface area (Å²) in [6, 6.07) is 0. The molecule has 110 valence electrons. The molecule has 0 aromatic rings. The SMILES string of the molecule is CCC(CC)C(=O)NC1(/C(N)=N/O)CCC(C)CC1. The van der Waals surface area contributed by atoms with E-state index in [0.29, 0.717) is 5.92 Å². The lowest BCUT2D eigenvalue weighted by molar-refractivity contribution is -0.126. The topological polar surface area (TPSA) is 87.7 Å². The summed E-state index contributed by atoms with van der Waals surface area (Å²) in [5.41, 5.74) is 5.19. The van der Waals surface area contributed by atoms with Gasteiger partial charge in [-0.15, -0.1) is 0 Å². The molecule has 0 radical (unpaired) electrons. The molecular weight excluding hydrogens is 242 g/mol. The minimum atomic E-state index is -0.652. The van der Waals surface area contributed by atoms with Gasteiger partial charge >= 0.3 is 0 Å². The molecule has 0 atom stereocenters. The number of hydrogen-bond donors (Lipinski definition) is 3. The average Bonchev–Trinajstić information content (AvgIpc) is 2.42. The quantitative estimate of drug-likeness (QED) is 0.309. The second-order valence-corrected chi connectivity index (χ2v) is 5.75. The molecule has 1 aliphatic rings. The maximum Gasteiger partial charge on any atom is 0.223 e. The molecule has 0 aromatic heterocycles. The number of nitrogens with zero attached hydrogens (tertiary/aromatic N) is 1. The van der Waals surface area contributed by atoms with E-state index in [0.717, 1.165) is 38.5 Å². The average molecular weight is 269 g/mol. The van der Waals surface area contributed by atoms with Crippen LogP contribution in [0, 0.1) is 11.8 Å². The molecule has 0 heterocycles. The number of carbonyl (C=O) groups is 1. The van der Waals surface area contributed by atoms with Gasteiger partial charge in [0.2, 0.25) is 5.91 Å². The number of carbonyl (C=O) groups excluding carboxylic acids is 1. The monoisotopic (exact) mass is 269 g/mol. The van der Waals surface area contributed by atoms with Crippen LogP contribution < -0.4 is 11.1 Å². The zero-order valence-corrected chi connectivity index (χ0v) is 12.3. The van der Waals surface area contributed by atoms with Crippen LogP contribution in [-0.4, -0.2) is 22.5 Å². The van der Waals surface area contributed by atoms with Gasteiger partial charge in [0.1, 0.15) is 5.54 Å². The van der Waals surface area contributed by atoms with Gasteiger partial charge in [-0.05, 0) is 44.4 Å². The summed E-state index contributed by atoms with van der Waals surface area (Å²) in [6.45, 7) is 6.21. The molecule has 1 amide bonds. The van der Waals surface area contributed by atoms with Crippen molar-refractivity contribution in [3.05, 3.63) is 0 Å². The molecular formula is C14H27N3O2. The van der Waals surface area contributed by atoms with Crippen molar-refractivity contribution in [2.75, 3.05) is 0 Å². The predicted octanol–water partition coefficient (Wildman–Crippen LogP) is 2.23. The minimum absolute atomic E-state index is 0.00252. The van der Waals surface area contributed by atoms with Crippen molar-refractivity contribution < 1.29 is 10.0 Å². The minimum Gasteiger partial charge on any atom is -0.409 e. The molecule has 0 aliphatic heterocycles. The molecule has 5 heteroatoms. The van der Waals surface area contributed by atoms with E-state index in [4.69, 9.17) is 10.9 Å². The fourth-order valence-electron chi connectivity index (χ4n) is 2.79. The van der Waals surface area contributed by atoms with Gasteiger partial charge in [0, 0.05) is 5.92 Å². The van der Waals surface area contributed by atoms with Gasteiger partial charge in [-0.1, -0.05) is 25.9 Å². The maximum absolute atomic E-state index is 12.3. The highest BCUT2D eigenvalue weighted by atomic mass is 16.4. The van der Waals surface area contributed by atoms with E-state index in [-0.39, 0.29) is 17.7 Å². The van der Waals surface area contributed by atoms with Crippen molar-refractivity contribution in [3.8, 4) is 0 Å². The molecule has 4 N–H and O–H groups in total. The third-order valence-electron chi connectivity index (χ3n) is 4.44. The van der Waals surface area contributed by atoms with Crippen molar-refractivity contribution in [1.82, 2.24) is 5.32 Å². The molecule has 19 heavy (non-hydrogen) atoms. The zero-order chi connectivity index (χ0) is 14.5. The van der Waals surface area contributed by atoms with E-state index in [9.17, 15) is 4.79 Å². The Morgan fingerprint density at radius 2 is 1.95 bits per heavy atom. The predicted molar refractivity (Wildman–Crippen MR) is 76.0 cm³/mol. The number of oxime groups is 1. The first-order valence-corrected chi connectivity index (χ1v) is 7.29. The van der Waals surface area contributed by atoms with Crippen molar-refractivity contribution >= 4 is 11.7 Å². The van der Waals surface area contributed by atoms with Crippen LogP contribution in [0.15, 0.2) is 5.16 Å². The van der Waals surface area contributed by atoms with E-state index in [1.54, 1.807) is 0 Å². The Hall–Kier alpha value is -1.26. The molecule has 0 bridgehead atoms. The summed E-state index contributed by atoms with van der Waals surface area (Å²) in [5.74, 6) is 0.789. The standard InChI is InChI=1S/C14H27N3O2/c1-4-11(5-2)12(18)16-14(13(15)17-19)8-6-10(3)7-9-14/h10-11,19H,4-9H2,1-3H3,(H2,15,17)(H,16,18). The highest BCUT2D eigenvalue weighted by Gasteiger charge is 2.40. The van der Waals surface area contributed by atoms with Crippen LogP contribution in [0.1, 0.15) is 59.3 Å². The number of rotatable bonds is 5. The van der Waals surface area contributed by atoms with E-state index in [1.165, 1.54) is 0 Å². The van der Waals surface area contributed by atoms with Crippen molar-refractivity contribution in [3.63, 3.8) is 0 Å². The van der Waals surface area contributed by atoms with Gasteiger partial charge in [-0.2, -0.15) is 0 Å². The Kier molecular flexibility index (Phi) is 5.63. The van der Waals surface area contributed by atoms with Crippen molar-refractivity contribution in [1.29, 1.82) is 0 Å². The first-order chi connectivity index (χ1) is 8.99. The Balaban J connectivity index is 2.84. The summed E-state index contributed by atoms with van der Waals surface area (Å²) < 4.78 is 0. The lowest BCUT2D eigenvalue weighted by Gasteiger charge is -2.39. The highest BCUT2D eigenvalue weighted by Crippen LogP contribution is 2.32. The molecule has 0 unspecified atom stereocenters. The Morgan fingerprint density at radius 3 is 2.37 bits per heavy atom. The summed E-state index contributed by atoms with van der Waals surface area (Å²) in [4.78, 5) is 12.3. The van der Waals surface area contributed by atoms with Gasteiger partial charge < -0.3 is 16.3 Å². The molecule has 0 spiro atoms.